The number of fused-ring (bicyclic) bond motifs is 1. The second kappa shape index (κ2) is 7.23. The van der Waals surface area contributed by atoms with Crippen molar-refractivity contribution in [3.63, 3.8) is 0 Å². The minimum atomic E-state index is -4.43. The van der Waals surface area contributed by atoms with Crippen molar-refractivity contribution in [1.29, 1.82) is 5.26 Å². The summed E-state index contributed by atoms with van der Waals surface area (Å²) in [5.41, 5.74) is 3.58. The Morgan fingerprint density at radius 2 is 1.87 bits per heavy atom. The summed E-state index contributed by atoms with van der Waals surface area (Å²) >= 11 is 0. The Bertz CT molecular complexity index is 1280. The number of benzene rings is 2. The number of hydrogen-bond acceptors (Lipinski definition) is 3. The van der Waals surface area contributed by atoms with Gasteiger partial charge in [0.2, 0.25) is 0 Å². The quantitative estimate of drug-likeness (QED) is 0.393. The van der Waals surface area contributed by atoms with E-state index >= 15 is 0 Å². The maximum absolute atomic E-state index is 12.9. The van der Waals surface area contributed by atoms with Crippen LogP contribution in [0.5, 0.6) is 0 Å². The summed E-state index contributed by atoms with van der Waals surface area (Å²) in [6, 6.07) is 14.1. The Hall–Kier alpha value is -3.79. The molecule has 2 aromatic heterocycles. The summed E-state index contributed by atoms with van der Waals surface area (Å²) in [7, 11) is 0. The molecule has 0 bridgehead atoms. The van der Waals surface area contributed by atoms with Crippen molar-refractivity contribution in [3.8, 4) is 17.4 Å². The summed E-state index contributed by atoms with van der Waals surface area (Å²) in [5.74, 6) is 1.02. The SMILES string of the molecule is Cc1cc2nc(/C(C#N)=C/c3ccc(-c4cccc(C(F)(F)F)c4)o3)[nH]c2cc1C. The monoisotopic (exact) mass is 407 g/mol. The molecule has 0 saturated carbocycles. The highest BCUT2D eigenvalue weighted by Gasteiger charge is 2.30. The molecule has 150 valence electrons. The van der Waals surface area contributed by atoms with E-state index in [1.54, 1.807) is 12.1 Å². The Morgan fingerprint density at radius 1 is 1.10 bits per heavy atom. The highest BCUT2D eigenvalue weighted by molar-refractivity contribution is 5.90. The van der Waals surface area contributed by atoms with Crippen LogP contribution in [0.1, 0.15) is 28.3 Å². The fourth-order valence-corrected chi connectivity index (χ4v) is 3.13. The van der Waals surface area contributed by atoms with Gasteiger partial charge in [0.25, 0.3) is 0 Å². The van der Waals surface area contributed by atoms with E-state index in [-0.39, 0.29) is 11.3 Å². The lowest BCUT2D eigenvalue weighted by molar-refractivity contribution is -0.137. The highest BCUT2D eigenvalue weighted by Crippen LogP contribution is 2.33. The van der Waals surface area contributed by atoms with Gasteiger partial charge in [0.1, 0.15) is 23.4 Å². The van der Waals surface area contributed by atoms with Gasteiger partial charge >= 0.3 is 6.18 Å². The number of aryl methyl sites for hydroxylation is 2. The third-order valence-electron chi connectivity index (χ3n) is 4.86. The second-order valence-corrected chi connectivity index (χ2v) is 6.99. The number of imidazole rings is 1. The number of hydrogen-bond donors (Lipinski definition) is 1. The van der Waals surface area contributed by atoms with E-state index in [9.17, 15) is 18.4 Å². The third kappa shape index (κ3) is 3.72. The molecule has 2 heterocycles. The topological polar surface area (TPSA) is 65.6 Å². The maximum Gasteiger partial charge on any atom is 0.416 e. The summed E-state index contributed by atoms with van der Waals surface area (Å²) in [5, 5.41) is 9.58. The first kappa shape index (κ1) is 19.5. The zero-order valence-electron chi connectivity index (χ0n) is 16.1. The second-order valence-electron chi connectivity index (χ2n) is 6.99. The Balaban J connectivity index is 1.68. The zero-order valence-corrected chi connectivity index (χ0v) is 16.1. The van der Waals surface area contributed by atoms with Crippen LogP contribution in [0.4, 0.5) is 13.2 Å². The van der Waals surface area contributed by atoms with Gasteiger partial charge in [0.15, 0.2) is 0 Å². The molecule has 0 aliphatic heterocycles. The molecular formula is C23H16F3N3O. The van der Waals surface area contributed by atoms with Gasteiger partial charge in [-0.05, 0) is 61.4 Å². The highest BCUT2D eigenvalue weighted by atomic mass is 19.4. The molecule has 4 nitrogen and oxygen atoms in total. The van der Waals surface area contributed by atoms with Crippen molar-refractivity contribution < 1.29 is 17.6 Å². The van der Waals surface area contributed by atoms with Crippen molar-refractivity contribution in [1.82, 2.24) is 9.97 Å². The molecule has 0 atom stereocenters. The molecule has 0 spiro atoms. The number of nitrogens with zero attached hydrogens (tertiary/aromatic N) is 2. The third-order valence-corrected chi connectivity index (χ3v) is 4.86. The molecule has 30 heavy (non-hydrogen) atoms. The number of nitrogens with one attached hydrogen (secondary N) is 1. The molecule has 4 rings (SSSR count). The fraction of sp³-hybridized carbons (Fsp3) is 0.130. The lowest BCUT2D eigenvalue weighted by Gasteiger charge is -2.07. The van der Waals surface area contributed by atoms with Crippen molar-refractivity contribution >= 4 is 22.7 Å². The van der Waals surface area contributed by atoms with E-state index in [4.69, 9.17) is 4.42 Å². The molecule has 7 heteroatoms. The van der Waals surface area contributed by atoms with Crippen LogP contribution in [0.2, 0.25) is 0 Å². The van der Waals surface area contributed by atoms with Crippen LogP contribution in [-0.2, 0) is 6.18 Å². The summed E-state index contributed by atoms with van der Waals surface area (Å²) in [6.45, 7) is 3.98. The Kier molecular flexibility index (Phi) is 4.70. The largest absolute Gasteiger partial charge is 0.457 e. The first-order valence-corrected chi connectivity index (χ1v) is 9.11. The number of rotatable bonds is 3. The van der Waals surface area contributed by atoms with E-state index in [2.05, 4.69) is 16.0 Å². The van der Waals surface area contributed by atoms with E-state index in [1.807, 2.05) is 26.0 Å². The van der Waals surface area contributed by atoms with Crippen LogP contribution < -0.4 is 0 Å². The van der Waals surface area contributed by atoms with Gasteiger partial charge in [-0.25, -0.2) is 4.98 Å². The predicted molar refractivity (Wildman–Crippen MR) is 108 cm³/mol. The van der Waals surface area contributed by atoms with Gasteiger partial charge in [-0.2, -0.15) is 18.4 Å². The molecular weight excluding hydrogens is 391 g/mol. The molecule has 0 radical (unpaired) electrons. The average Bonchev–Trinajstić information content (AvgIpc) is 3.33. The minimum Gasteiger partial charge on any atom is -0.457 e. The molecule has 0 saturated heterocycles. The number of furan rings is 1. The van der Waals surface area contributed by atoms with E-state index < -0.39 is 11.7 Å². The van der Waals surface area contributed by atoms with Gasteiger partial charge in [-0.1, -0.05) is 12.1 Å². The summed E-state index contributed by atoms with van der Waals surface area (Å²) in [4.78, 5) is 7.60. The van der Waals surface area contributed by atoms with Crippen molar-refractivity contribution in [2.45, 2.75) is 20.0 Å². The number of allylic oxidation sites excluding steroid dienone is 1. The molecule has 0 unspecified atom stereocenters. The first-order valence-electron chi connectivity index (χ1n) is 9.11. The number of nitriles is 1. The van der Waals surface area contributed by atoms with E-state index in [0.717, 1.165) is 34.3 Å². The van der Waals surface area contributed by atoms with Gasteiger partial charge in [0, 0.05) is 11.6 Å². The van der Waals surface area contributed by atoms with Crippen LogP contribution >= 0.6 is 0 Å². The van der Waals surface area contributed by atoms with Crippen LogP contribution in [0.25, 0.3) is 34.0 Å². The van der Waals surface area contributed by atoms with Crippen LogP contribution in [-0.4, -0.2) is 9.97 Å². The minimum absolute atomic E-state index is 0.256. The molecule has 2 aromatic carbocycles. The number of aromatic amines is 1. The molecule has 0 aliphatic carbocycles. The van der Waals surface area contributed by atoms with Crippen LogP contribution in [0, 0.1) is 25.2 Å². The van der Waals surface area contributed by atoms with Crippen LogP contribution in [0.15, 0.2) is 52.9 Å². The van der Waals surface area contributed by atoms with Gasteiger partial charge in [-0.3, -0.25) is 0 Å². The number of halogens is 3. The van der Waals surface area contributed by atoms with Crippen molar-refractivity contribution in [2.75, 3.05) is 0 Å². The molecule has 4 aromatic rings. The average molecular weight is 407 g/mol. The van der Waals surface area contributed by atoms with Crippen LogP contribution in [0.3, 0.4) is 0 Å². The standard InChI is InChI=1S/C23H16F3N3O/c1-13-8-19-20(9-14(13)2)29-22(28-19)16(12-27)11-18-6-7-21(30-18)15-4-3-5-17(10-15)23(24,25)26/h3-11H,1-2H3,(H,28,29)/b16-11+. The normalized spacial score (nSPS) is 12.3. The molecule has 1 N–H and O–H groups in total. The molecule has 0 fully saturated rings. The van der Waals surface area contributed by atoms with E-state index in [0.29, 0.717) is 17.1 Å². The smallest absolute Gasteiger partial charge is 0.416 e. The fourth-order valence-electron chi connectivity index (χ4n) is 3.13. The Labute approximate surface area is 170 Å². The number of H-pyrrole nitrogens is 1. The first-order chi connectivity index (χ1) is 14.2. The summed E-state index contributed by atoms with van der Waals surface area (Å²) in [6.07, 6.45) is -2.92. The summed E-state index contributed by atoms with van der Waals surface area (Å²) < 4.78 is 44.5. The van der Waals surface area contributed by atoms with Crippen molar-refractivity contribution in [3.05, 3.63) is 76.8 Å². The number of aromatic nitrogens is 2. The number of alkyl halides is 3. The van der Waals surface area contributed by atoms with Gasteiger partial charge in [-0.15, -0.1) is 0 Å². The lowest BCUT2D eigenvalue weighted by Crippen LogP contribution is -2.04. The van der Waals surface area contributed by atoms with Gasteiger partial charge in [0.05, 0.1) is 22.2 Å². The predicted octanol–water partition coefficient (Wildman–Crippen LogP) is 6.52. The molecule has 0 aliphatic rings. The molecule has 0 amide bonds. The Morgan fingerprint density at radius 3 is 2.60 bits per heavy atom. The van der Waals surface area contributed by atoms with Gasteiger partial charge < -0.3 is 9.40 Å². The van der Waals surface area contributed by atoms with Crippen molar-refractivity contribution in [2.24, 2.45) is 0 Å². The lowest BCUT2D eigenvalue weighted by atomic mass is 10.1. The zero-order chi connectivity index (χ0) is 21.5. The maximum atomic E-state index is 12.9. The van der Waals surface area contributed by atoms with E-state index in [1.165, 1.54) is 18.2 Å².